The van der Waals surface area contributed by atoms with Gasteiger partial charge in [-0.1, -0.05) is 61.9 Å². The quantitative estimate of drug-likeness (QED) is 0.511. The molecule has 0 radical (unpaired) electrons. The van der Waals surface area contributed by atoms with Gasteiger partial charge in [-0.3, -0.25) is 9.59 Å². The number of carbonyl (C=O) groups excluding carboxylic acids is 2. The Morgan fingerprint density at radius 1 is 1.10 bits per heavy atom. The standard InChI is InChI=1S/C23H25N3O5/c1-2-8-19(16-9-4-3-5-10-16)24-20(28)15-31-23(30)21-17-11-6-7-12-18(17)22(29)26(25-21)13-14-27/h3-7,9-12,19,27H,2,8,13-15H2,1H3,(H,24,28)/t19-/m1/s1. The lowest BCUT2D eigenvalue weighted by Gasteiger charge is -2.18. The SMILES string of the molecule is CCC[C@@H](NC(=O)COC(=O)c1nn(CCO)c(=O)c2ccccc12)c1ccccc1. The van der Waals surface area contributed by atoms with Crippen LogP contribution in [0.2, 0.25) is 0 Å². The predicted octanol–water partition coefficient (Wildman–Crippen LogP) is 2.20. The van der Waals surface area contributed by atoms with Crippen molar-refractivity contribution in [3.63, 3.8) is 0 Å². The first-order valence-electron chi connectivity index (χ1n) is 10.2. The zero-order valence-corrected chi connectivity index (χ0v) is 17.3. The third-order valence-electron chi connectivity index (χ3n) is 4.82. The Balaban J connectivity index is 1.74. The van der Waals surface area contributed by atoms with Gasteiger partial charge in [0.25, 0.3) is 11.5 Å². The van der Waals surface area contributed by atoms with Crippen LogP contribution < -0.4 is 10.9 Å². The van der Waals surface area contributed by atoms with Crippen LogP contribution in [0.25, 0.3) is 10.8 Å². The minimum atomic E-state index is -0.815. The van der Waals surface area contributed by atoms with Crippen LogP contribution in [-0.2, 0) is 16.1 Å². The van der Waals surface area contributed by atoms with Crippen LogP contribution in [0.3, 0.4) is 0 Å². The van der Waals surface area contributed by atoms with Crippen LogP contribution in [0.4, 0.5) is 0 Å². The Labute approximate surface area is 179 Å². The Kier molecular flexibility index (Phi) is 7.50. The van der Waals surface area contributed by atoms with Gasteiger partial charge in [-0.05, 0) is 18.1 Å². The second kappa shape index (κ2) is 10.5. The number of benzene rings is 2. The van der Waals surface area contributed by atoms with Crippen LogP contribution in [0.5, 0.6) is 0 Å². The van der Waals surface area contributed by atoms with E-state index < -0.39 is 24.0 Å². The van der Waals surface area contributed by atoms with Crippen molar-refractivity contribution in [3.8, 4) is 0 Å². The second-order valence-electron chi connectivity index (χ2n) is 7.04. The van der Waals surface area contributed by atoms with Crippen LogP contribution in [-0.4, -0.2) is 40.0 Å². The topological polar surface area (TPSA) is 111 Å². The molecule has 0 aliphatic carbocycles. The van der Waals surface area contributed by atoms with E-state index in [1.54, 1.807) is 24.3 Å². The molecule has 0 aliphatic heterocycles. The number of aliphatic hydroxyl groups excluding tert-OH is 1. The van der Waals surface area contributed by atoms with Crippen molar-refractivity contribution in [2.45, 2.75) is 32.4 Å². The molecule has 0 bridgehead atoms. The monoisotopic (exact) mass is 423 g/mol. The second-order valence-corrected chi connectivity index (χ2v) is 7.04. The number of hydrogen-bond acceptors (Lipinski definition) is 6. The van der Waals surface area contributed by atoms with Crippen molar-refractivity contribution in [3.05, 3.63) is 76.2 Å². The Hall–Kier alpha value is -3.52. The van der Waals surface area contributed by atoms with Gasteiger partial charge in [0.05, 0.1) is 24.6 Å². The van der Waals surface area contributed by atoms with Gasteiger partial charge in [-0.25, -0.2) is 9.48 Å². The summed E-state index contributed by atoms with van der Waals surface area (Å²) in [6.07, 6.45) is 1.63. The van der Waals surface area contributed by atoms with Crippen molar-refractivity contribution >= 4 is 22.6 Å². The molecule has 1 amide bonds. The molecule has 1 atom stereocenters. The predicted molar refractivity (Wildman–Crippen MR) is 116 cm³/mol. The van der Waals surface area contributed by atoms with Gasteiger partial charge < -0.3 is 15.2 Å². The fraction of sp³-hybridized carbons (Fsp3) is 0.304. The molecule has 2 aromatic carbocycles. The minimum absolute atomic E-state index is 0.0554. The first-order valence-corrected chi connectivity index (χ1v) is 10.2. The molecular formula is C23H25N3O5. The molecule has 162 valence electrons. The Bertz CT molecular complexity index is 1110. The van der Waals surface area contributed by atoms with Crippen molar-refractivity contribution in [2.75, 3.05) is 13.2 Å². The van der Waals surface area contributed by atoms with Crippen molar-refractivity contribution in [1.82, 2.24) is 15.1 Å². The molecule has 0 fully saturated rings. The maximum atomic E-state index is 12.7. The maximum absolute atomic E-state index is 12.7. The van der Waals surface area contributed by atoms with E-state index >= 15 is 0 Å². The van der Waals surface area contributed by atoms with Gasteiger partial charge in [-0.15, -0.1) is 0 Å². The van der Waals surface area contributed by atoms with Crippen LogP contribution in [0.15, 0.2) is 59.4 Å². The molecule has 8 heteroatoms. The van der Waals surface area contributed by atoms with Gasteiger partial charge >= 0.3 is 5.97 Å². The molecule has 1 heterocycles. The van der Waals surface area contributed by atoms with Crippen LogP contribution >= 0.6 is 0 Å². The number of nitrogens with one attached hydrogen (secondary N) is 1. The van der Waals surface area contributed by atoms with E-state index in [4.69, 9.17) is 4.74 Å². The van der Waals surface area contributed by atoms with E-state index in [2.05, 4.69) is 10.4 Å². The van der Waals surface area contributed by atoms with Crippen molar-refractivity contribution in [2.24, 2.45) is 0 Å². The normalized spacial score (nSPS) is 11.8. The molecular weight excluding hydrogens is 398 g/mol. The van der Waals surface area contributed by atoms with Gasteiger partial charge in [-0.2, -0.15) is 5.10 Å². The van der Waals surface area contributed by atoms with E-state index in [0.29, 0.717) is 5.39 Å². The smallest absolute Gasteiger partial charge is 0.359 e. The molecule has 0 saturated carbocycles. The molecule has 0 spiro atoms. The summed E-state index contributed by atoms with van der Waals surface area (Å²) in [5, 5.41) is 16.7. The maximum Gasteiger partial charge on any atom is 0.359 e. The number of amides is 1. The highest BCUT2D eigenvalue weighted by Crippen LogP contribution is 2.18. The third kappa shape index (κ3) is 5.35. The molecule has 2 N–H and O–H groups in total. The summed E-state index contributed by atoms with van der Waals surface area (Å²) in [6.45, 7) is 1.20. The summed E-state index contributed by atoms with van der Waals surface area (Å²) >= 11 is 0. The zero-order valence-electron chi connectivity index (χ0n) is 17.3. The summed E-state index contributed by atoms with van der Waals surface area (Å²) in [6, 6.07) is 15.9. The number of aliphatic hydroxyl groups is 1. The van der Waals surface area contributed by atoms with E-state index in [-0.39, 0.29) is 30.3 Å². The summed E-state index contributed by atoms with van der Waals surface area (Å²) in [5.41, 5.74) is 0.488. The Morgan fingerprint density at radius 3 is 2.45 bits per heavy atom. The largest absolute Gasteiger partial charge is 0.451 e. The highest BCUT2D eigenvalue weighted by atomic mass is 16.5. The number of aromatic nitrogens is 2. The van der Waals surface area contributed by atoms with E-state index in [1.165, 1.54) is 0 Å². The third-order valence-corrected chi connectivity index (χ3v) is 4.82. The fourth-order valence-corrected chi connectivity index (χ4v) is 3.36. The average Bonchev–Trinajstić information content (AvgIpc) is 2.80. The number of hydrogen-bond donors (Lipinski definition) is 2. The molecule has 3 rings (SSSR count). The van der Waals surface area contributed by atoms with Crippen LogP contribution in [0, 0.1) is 0 Å². The molecule has 0 unspecified atom stereocenters. The highest BCUT2D eigenvalue weighted by Gasteiger charge is 2.20. The molecule has 0 saturated heterocycles. The van der Waals surface area contributed by atoms with E-state index in [9.17, 15) is 19.5 Å². The fourth-order valence-electron chi connectivity index (χ4n) is 3.36. The first-order chi connectivity index (χ1) is 15.0. The summed E-state index contributed by atoms with van der Waals surface area (Å²) in [4.78, 5) is 37.5. The average molecular weight is 423 g/mol. The van der Waals surface area contributed by atoms with Crippen molar-refractivity contribution < 1.29 is 19.4 Å². The summed E-state index contributed by atoms with van der Waals surface area (Å²) in [5.74, 6) is -1.24. The molecule has 0 aliphatic rings. The van der Waals surface area contributed by atoms with Gasteiger partial charge in [0, 0.05) is 5.39 Å². The number of carbonyl (C=O) groups is 2. The van der Waals surface area contributed by atoms with E-state index in [1.807, 2.05) is 37.3 Å². The van der Waals surface area contributed by atoms with Gasteiger partial charge in [0.1, 0.15) is 0 Å². The number of nitrogens with zero attached hydrogens (tertiary/aromatic N) is 2. The summed E-state index contributed by atoms with van der Waals surface area (Å²) in [7, 11) is 0. The molecule has 1 aromatic heterocycles. The highest BCUT2D eigenvalue weighted by molar-refractivity contribution is 6.02. The van der Waals surface area contributed by atoms with Gasteiger partial charge in [0.15, 0.2) is 12.3 Å². The number of esters is 1. The molecule has 3 aromatic rings. The zero-order chi connectivity index (χ0) is 22.2. The Morgan fingerprint density at radius 2 is 1.77 bits per heavy atom. The van der Waals surface area contributed by atoms with Crippen LogP contribution in [0.1, 0.15) is 41.9 Å². The van der Waals surface area contributed by atoms with E-state index in [0.717, 1.165) is 23.1 Å². The number of fused-ring (bicyclic) bond motifs is 1. The minimum Gasteiger partial charge on any atom is -0.451 e. The lowest BCUT2D eigenvalue weighted by atomic mass is 10.0. The lowest BCUT2D eigenvalue weighted by Crippen LogP contribution is -2.33. The molecule has 31 heavy (non-hydrogen) atoms. The first kappa shape index (κ1) is 22.2. The summed E-state index contributed by atoms with van der Waals surface area (Å²) < 4.78 is 6.21. The number of rotatable bonds is 9. The van der Waals surface area contributed by atoms with Gasteiger partial charge in [0.2, 0.25) is 0 Å². The van der Waals surface area contributed by atoms with Crippen molar-refractivity contribution in [1.29, 1.82) is 0 Å². The lowest BCUT2D eigenvalue weighted by molar-refractivity contribution is -0.125. The number of ether oxygens (including phenoxy) is 1. The molecule has 8 nitrogen and oxygen atoms in total.